The minimum absolute atomic E-state index is 0.0116. The number of methoxy groups -OCH3 is 1. The first kappa shape index (κ1) is 20.9. The molecule has 0 saturated carbocycles. The Bertz CT molecular complexity index is 833. The summed E-state index contributed by atoms with van der Waals surface area (Å²) in [6.45, 7) is 3.80. The molecule has 1 N–H and O–H groups in total. The lowest BCUT2D eigenvalue weighted by atomic mass is 9.80. The molecule has 0 bridgehead atoms. The zero-order chi connectivity index (χ0) is 20.3. The zero-order valence-electron chi connectivity index (χ0n) is 15.4. The van der Waals surface area contributed by atoms with E-state index in [1.54, 1.807) is 13.8 Å². The van der Waals surface area contributed by atoms with Gasteiger partial charge in [0.1, 0.15) is 12.5 Å². The van der Waals surface area contributed by atoms with Crippen LogP contribution >= 0.6 is 11.6 Å². The monoisotopic (exact) mass is 399 g/mol. The third kappa shape index (κ3) is 4.13. The van der Waals surface area contributed by atoms with E-state index in [9.17, 15) is 18.4 Å². The fourth-order valence-electron chi connectivity index (χ4n) is 2.96. The van der Waals surface area contributed by atoms with Crippen LogP contribution in [0.4, 0.5) is 8.78 Å². The molecule has 1 aliphatic heterocycles. The Morgan fingerprint density at radius 2 is 1.93 bits per heavy atom. The average molecular weight is 400 g/mol. The molecule has 0 saturated heterocycles. The normalized spacial score (nSPS) is 17.1. The zero-order valence-corrected chi connectivity index (χ0v) is 16.1. The van der Waals surface area contributed by atoms with Crippen molar-refractivity contribution in [2.75, 3.05) is 13.8 Å². The number of esters is 2. The highest BCUT2D eigenvalue weighted by Gasteiger charge is 2.40. The van der Waals surface area contributed by atoms with Gasteiger partial charge in [-0.15, -0.1) is 0 Å². The summed E-state index contributed by atoms with van der Waals surface area (Å²) in [6.07, 6.45) is -0.448. The quantitative estimate of drug-likeness (QED) is 0.763. The van der Waals surface area contributed by atoms with E-state index in [4.69, 9.17) is 21.1 Å². The number of carbonyl (C=O) groups excluding carboxylic acids is 2. The van der Waals surface area contributed by atoms with Crippen molar-refractivity contribution in [2.45, 2.75) is 32.8 Å². The van der Waals surface area contributed by atoms with Crippen LogP contribution in [0.1, 0.15) is 32.3 Å². The van der Waals surface area contributed by atoms with Crippen LogP contribution in [0.3, 0.4) is 0 Å². The Morgan fingerprint density at radius 3 is 2.48 bits per heavy atom. The molecule has 0 aliphatic carbocycles. The van der Waals surface area contributed by atoms with E-state index in [0.717, 1.165) is 7.11 Å². The molecule has 1 unspecified atom stereocenters. The second-order valence-electron chi connectivity index (χ2n) is 6.21. The molecule has 0 amide bonds. The van der Waals surface area contributed by atoms with Crippen molar-refractivity contribution >= 4 is 23.5 Å². The Kier molecular flexibility index (Phi) is 6.59. The van der Waals surface area contributed by atoms with Crippen LogP contribution in [-0.4, -0.2) is 31.8 Å². The van der Waals surface area contributed by atoms with Gasteiger partial charge in [0, 0.05) is 11.3 Å². The summed E-state index contributed by atoms with van der Waals surface area (Å²) in [5.74, 6) is -3.68. The van der Waals surface area contributed by atoms with Crippen LogP contribution in [0, 0.1) is 5.82 Å². The molecule has 5 nitrogen and oxygen atoms in total. The molecule has 0 aromatic heterocycles. The van der Waals surface area contributed by atoms with Gasteiger partial charge >= 0.3 is 11.9 Å². The Morgan fingerprint density at radius 1 is 1.26 bits per heavy atom. The van der Waals surface area contributed by atoms with Crippen molar-refractivity contribution in [1.29, 1.82) is 0 Å². The lowest BCUT2D eigenvalue weighted by molar-refractivity contribution is -0.143. The molecule has 1 aromatic rings. The van der Waals surface area contributed by atoms with Crippen LogP contribution in [0.25, 0.3) is 0 Å². The molecule has 1 aromatic carbocycles. The molecule has 146 valence electrons. The maximum atomic E-state index is 14.8. The third-order valence-corrected chi connectivity index (χ3v) is 4.33. The number of ether oxygens (including phenoxy) is 2. The SMILES string of the molecule is COC(=O)C1=C(CF)NC(C)=C(C(=O)OC(C)C)C1c1cccc(Cl)c1F. The van der Waals surface area contributed by atoms with E-state index in [1.807, 2.05) is 0 Å². The molecule has 2 rings (SSSR count). The number of halogens is 3. The van der Waals surface area contributed by atoms with Crippen LogP contribution in [0.5, 0.6) is 0 Å². The second kappa shape index (κ2) is 8.52. The predicted molar refractivity (Wildman–Crippen MR) is 96.2 cm³/mol. The van der Waals surface area contributed by atoms with Crippen molar-refractivity contribution in [2.24, 2.45) is 0 Å². The molecule has 1 heterocycles. The van der Waals surface area contributed by atoms with E-state index < -0.39 is 36.5 Å². The van der Waals surface area contributed by atoms with E-state index in [1.165, 1.54) is 25.1 Å². The Labute approximate surface area is 161 Å². The number of allylic oxidation sites excluding steroid dienone is 2. The van der Waals surface area contributed by atoms with E-state index >= 15 is 0 Å². The summed E-state index contributed by atoms with van der Waals surface area (Å²) in [5, 5.41) is 2.51. The standard InChI is InChI=1S/C19H20ClF2NO4/c1-9(2)27-19(25)14-10(3)23-13(8-21)16(18(24)26-4)15(14)11-6-5-7-12(20)17(11)22/h5-7,9,15,23H,8H2,1-4H3. The van der Waals surface area contributed by atoms with Crippen LogP contribution in [-0.2, 0) is 19.1 Å². The lowest BCUT2D eigenvalue weighted by Gasteiger charge is -2.31. The van der Waals surface area contributed by atoms with Crippen molar-refractivity contribution in [1.82, 2.24) is 5.32 Å². The second-order valence-corrected chi connectivity index (χ2v) is 6.62. The predicted octanol–water partition coefficient (Wildman–Crippen LogP) is 3.79. The number of rotatable bonds is 5. The van der Waals surface area contributed by atoms with Crippen molar-refractivity contribution in [3.63, 3.8) is 0 Å². The highest BCUT2D eigenvalue weighted by molar-refractivity contribution is 6.30. The first-order valence-electron chi connectivity index (χ1n) is 8.22. The van der Waals surface area contributed by atoms with Gasteiger partial charge in [-0.3, -0.25) is 0 Å². The maximum absolute atomic E-state index is 14.8. The van der Waals surface area contributed by atoms with Gasteiger partial charge in [-0.2, -0.15) is 0 Å². The Hall–Kier alpha value is -2.41. The molecular weight excluding hydrogens is 380 g/mol. The fourth-order valence-corrected chi connectivity index (χ4v) is 3.14. The van der Waals surface area contributed by atoms with Crippen molar-refractivity contribution in [3.05, 3.63) is 57.1 Å². The smallest absolute Gasteiger partial charge is 0.337 e. The van der Waals surface area contributed by atoms with Gasteiger partial charge < -0.3 is 14.8 Å². The van der Waals surface area contributed by atoms with Gasteiger partial charge in [0.15, 0.2) is 0 Å². The summed E-state index contributed by atoms with van der Waals surface area (Å²) >= 11 is 5.88. The summed E-state index contributed by atoms with van der Waals surface area (Å²) in [4.78, 5) is 25.1. The molecule has 0 spiro atoms. The van der Waals surface area contributed by atoms with Crippen LogP contribution in [0.15, 0.2) is 40.7 Å². The first-order chi connectivity index (χ1) is 12.7. The van der Waals surface area contributed by atoms with Crippen LogP contribution < -0.4 is 5.32 Å². The number of nitrogens with one attached hydrogen (secondary N) is 1. The van der Waals surface area contributed by atoms with E-state index in [2.05, 4.69) is 5.32 Å². The van der Waals surface area contributed by atoms with Gasteiger partial charge in [0.05, 0.1) is 41.0 Å². The van der Waals surface area contributed by atoms with Gasteiger partial charge in [-0.25, -0.2) is 18.4 Å². The van der Waals surface area contributed by atoms with Crippen LogP contribution in [0.2, 0.25) is 5.02 Å². The summed E-state index contributed by atoms with van der Waals surface area (Å²) in [6, 6.07) is 4.20. The number of alkyl halides is 1. The molecule has 27 heavy (non-hydrogen) atoms. The number of carbonyl (C=O) groups is 2. The molecule has 8 heteroatoms. The van der Waals surface area contributed by atoms with Crippen molar-refractivity contribution < 1.29 is 27.8 Å². The van der Waals surface area contributed by atoms with Gasteiger partial charge in [0.2, 0.25) is 0 Å². The summed E-state index contributed by atoms with van der Waals surface area (Å²) in [7, 11) is 1.12. The van der Waals surface area contributed by atoms with Gasteiger partial charge in [-0.05, 0) is 26.8 Å². The lowest BCUT2D eigenvalue weighted by Crippen LogP contribution is -2.34. The topological polar surface area (TPSA) is 64.6 Å². The first-order valence-corrected chi connectivity index (χ1v) is 8.60. The van der Waals surface area contributed by atoms with E-state index in [0.29, 0.717) is 0 Å². The number of dihydropyridines is 1. The van der Waals surface area contributed by atoms with Gasteiger partial charge in [-0.1, -0.05) is 23.7 Å². The molecule has 1 atom stereocenters. The maximum Gasteiger partial charge on any atom is 0.337 e. The number of hydrogen-bond donors (Lipinski definition) is 1. The summed E-state index contributed by atoms with van der Waals surface area (Å²) < 4.78 is 38.4. The number of benzene rings is 1. The van der Waals surface area contributed by atoms with Crippen molar-refractivity contribution in [3.8, 4) is 0 Å². The fraction of sp³-hybridized carbons (Fsp3) is 0.368. The molecule has 0 radical (unpaired) electrons. The highest BCUT2D eigenvalue weighted by atomic mass is 35.5. The largest absolute Gasteiger partial charge is 0.466 e. The third-order valence-electron chi connectivity index (χ3n) is 4.04. The number of hydrogen-bond acceptors (Lipinski definition) is 5. The van der Waals surface area contributed by atoms with E-state index in [-0.39, 0.29) is 33.1 Å². The molecule has 1 aliphatic rings. The summed E-state index contributed by atoms with van der Waals surface area (Å²) in [5.41, 5.74) is -0.120. The average Bonchev–Trinajstić information content (AvgIpc) is 2.61. The molecular formula is C19H20ClF2NO4. The highest BCUT2D eigenvalue weighted by Crippen LogP contribution is 2.41. The van der Waals surface area contributed by atoms with Gasteiger partial charge in [0.25, 0.3) is 0 Å². The minimum atomic E-state index is -1.23. The molecule has 0 fully saturated rings. The Balaban J connectivity index is 2.77. The minimum Gasteiger partial charge on any atom is -0.466 e.